The summed E-state index contributed by atoms with van der Waals surface area (Å²) in [6, 6.07) is 14.1. The van der Waals surface area contributed by atoms with Gasteiger partial charge in [0.2, 0.25) is 15.9 Å². The average Bonchev–Trinajstić information content (AvgIpc) is 3.12. The van der Waals surface area contributed by atoms with Crippen molar-refractivity contribution in [2.75, 3.05) is 32.7 Å². The van der Waals surface area contributed by atoms with Crippen LogP contribution in [0.25, 0.3) is 10.8 Å². The van der Waals surface area contributed by atoms with Gasteiger partial charge in [-0.05, 0) is 37.1 Å². The van der Waals surface area contributed by atoms with Gasteiger partial charge in [0.05, 0.1) is 12.6 Å². The van der Waals surface area contributed by atoms with E-state index in [0.717, 1.165) is 16.3 Å². The number of aryl methyl sites for hydroxylation is 2. The molecule has 1 saturated heterocycles. The highest BCUT2D eigenvalue weighted by atomic mass is 32.2. The molecule has 0 unspecified atom stereocenters. The Morgan fingerprint density at radius 1 is 1.09 bits per heavy atom. The third kappa shape index (κ3) is 4.41. The van der Waals surface area contributed by atoms with Gasteiger partial charge in [-0.2, -0.15) is 4.31 Å². The molecule has 0 radical (unpaired) electrons. The lowest BCUT2D eigenvalue weighted by atomic mass is 10.00. The average molecular weight is 457 g/mol. The van der Waals surface area contributed by atoms with Gasteiger partial charge in [-0.1, -0.05) is 47.6 Å². The first-order valence-electron chi connectivity index (χ1n) is 10.7. The van der Waals surface area contributed by atoms with E-state index in [1.54, 1.807) is 13.8 Å². The SMILES string of the molecule is Cc1noc(C)c1S(=O)(=O)N1CCN(CC(=O)N[C@H](C)c2cccc3ccccc23)CC1. The topological polar surface area (TPSA) is 95.8 Å². The van der Waals surface area contributed by atoms with Gasteiger partial charge in [0, 0.05) is 26.2 Å². The van der Waals surface area contributed by atoms with Gasteiger partial charge in [0.15, 0.2) is 5.76 Å². The number of carbonyl (C=O) groups excluding carboxylic acids is 1. The number of hydrogen-bond acceptors (Lipinski definition) is 6. The van der Waals surface area contributed by atoms with Gasteiger partial charge < -0.3 is 9.84 Å². The Morgan fingerprint density at radius 2 is 1.78 bits per heavy atom. The van der Waals surface area contributed by atoms with Crippen molar-refractivity contribution in [1.29, 1.82) is 0 Å². The Bertz CT molecular complexity index is 1210. The minimum absolute atomic E-state index is 0.0764. The van der Waals surface area contributed by atoms with E-state index in [1.165, 1.54) is 4.31 Å². The van der Waals surface area contributed by atoms with Gasteiger partial charge in [0.1, 0.15) is 10.6 Å². The summed E-state index contributed by atoms with van der Waals surface area (Å²) in [4.78, 5) is 14.8. The van der Waals surface area contributed by atoms with E-state index in [0.29, 0.717) is 37.6 Å². The molecule has 3 aromatic rings. The minimum atomic E-state index is -3.66. The van der Waals surface area contributed by atoms with E-state index in [-0.39, 0.29) is 23.4 Å². The van der Waals surface area contributed by atoms with Crippen molar-refractivity contribution in [1.82, 2.24) is 19.7 Å². The highest BCUT2D eigenvalue weighted by Gasteiger charge is 2.33. The van der Waals surface area contributed by atoms with Crippen molar-refractivity contribution in [3.63, 3.8) is 0 Å². The standard InChI is InChI=1S/C23H28N4O4S/c1-16(20-10-6-8-19-7-4-5-9-21(19)20)24-22(28)15-26-11-13-27(14-12-26)32(29,30)23-17(2)25-31-18(23)3/h4-10,16H,11-15H2,1-3H3,(H,24,28)/t16-/m1/s1. The summed E-state index contributed by atoms with van der Waals surface area (Å²) in [6.45, 7) is 7.04. The highest BCUT2D eigenvalue weighted by molar-refractivity contribution is 7.89. The maximum Gasteiger partial charge on any atom is 0.248 e. The lowest BCUT2D eigenvalue weighted by molar-refractivity contribution is -0.123. The van der Waals surface area contributed by atoms with Crippen LogP contribution in [0, 0.1) is 13.8 Å². The number of nitrogens with zero attached hydrogens (tertiary/aromatic N) is 3. The Morgan fingerprint density at radius 3 is 2.47 bits per heavy atom. The van der Waals surface area contributed by atoms with Crippen LogP contribution in [0.4, 0.5) is 0 Å². The highest BCUT2D eigenvalue weighted by Crippen LogP contribution is 2.25. The van der Waals surface area contributed by atoms with Crippen LogP contribution < -0.4 is 5.32 Å². The van der Waals surface area contributed by atoms with Gasteiger partial charge in [-0.3, -0.25) is 9.69 Å². The zero-order chi connectivity index (χ0) is 22.9. The van der Waals surface area contributed by atoms with Crippen molar-refractivity contribution >= 4 is 26.7 Å². The molecule has 1 amide bonds. The summed E-state index contributed by atoms with van der Waals surface area (Å²) in [7, 11) is -3.66. The molecule has 8 nitrogen and oxygen atoms in total. The van der Waals surface area contributed by atoms with Crippen molar-refractivity contribution in [3.05, 3.63) is 59.5 Å². The lowest BCUT2D eigenvalue weighted by Crippen LogP contribution is -2.51. The summed E-state index contributed by atoms with van der Waals surface area (Å²) in [5.41, 5.74) is 1.44. The van der Waals surface area contributed by atoms with Crippen LogP contribution in [0.3, 0.4) is 0 Å². The third-order valence-corrected chi connectivity index (χ3v) is 8.08. The molecule has 32 heavy (non-hydrogen) atoms. The van der Waals surface area contributed by atoms with E-state index in [9.17, 15) is 13.2 Å². The van der Waals surface area contributed by atoms with E-state index in [2.05, 4.69) is 28.7 Å². The summed E-state index contributed by atoms with van der Waals surface area (Å²) < 4.78 is 32.4. The van der Waals surface area contributed by atoms with Crippen molar-refractivity contribution in [2.45, 2.75) is 31.7 Å². The number of nitrogens with one attached hydrogen (secondary N) is 1. The smallest absolute Gasteiger partial charge is 0.248 e. The molecule has 2 heterocycles. The van der Waals surface area contributed by atoms with Crippen molar-refractivity contribution in [3.8, 4) is 0 Å². The predicted molar refractivity (Wildman–Crippen MR) is 122 cm³/mol. The number of fused-ring (bicyclic) bond motifs is 1. The fraction of sp³-hybridized carbons (Fsp3) is 0.391. The number of rotatable bonds is 6. The fourth-order valence-electron chi connectivity index (χ4n) is 4.30. The van der Waals surface area contributed by atoms with Crippen LogP contribution in [-0.2, 0) is 14.8 Å². The Hall–Kier alpha value is -2.75. The summed E-state index contributed by atoms with van der Waals surface area (Å²) in [5.74, 6) is 0.221. The molecule has 0 saturated carbocycles. The zero-order valence-corrected chi connectivity index (χ0v) is 19.4. The number of benzene rings is 2. The van der Waals surface area contributed by atoms with E-state index in [1.807, 2.05) is 36.1 Å². The monoisotopic (exact) mass is 456 g/mol. The predicted octanol–water partition coefficient (Wildman–Crippen LogP) is 2.63. The second kappa shape index (κ2) is 9.01. The minimum Gasteiger partial charge on any atom is -0.360 e. The molecule has 0 spiro atoms. The molecule has 1 aliphatic rings. The van der Waals surface area contributed by atoms with Crippen LogP contribution in [0.1, 0.15) is 30.0 Å². The second-order valence-electron chi connectivity index (χ2n) is 8.19. The van der Waals surface area contributed by atoms with E-state index >= 15 is 0 Å². The number of piperazine rings is 1. The number of aromatic nitrogens is 1. The third-order valence-electron chi connectivity index (χ3n) is 5.93. The van der Waals surface area contributed by atoms with Gasteiger partial charge in [0.25, 0.3) is 0 Å². The largest absolute Gasteiger partial charge is 0.360 e. The Balaban J connectivity index is 1.35. The van der Waals surface area contributed by atoms with Crippen LogP contribution >= 0.6 is 0 Å². The first kappa shape index (κ1) is 22.4. The molecule has 0 bridgehead atoms. The summed E-state index contributed by atoms with van der Waals surface area (Å²) >= 11 is 0. The summed E-state index contributed by atoms with van der Waals surface area (Å²) in [6.07, 6.45) is 0. The van der Waals surface area contributed by atoms with Crippen LogP contribution in [0.5, 0.6) is 0 Å². The van der Waals surface area contributed by atoms with Crippen LogP contribution in [-0.4, -0.2) is 61.4 Å². The Labute approximate surface area is 188 Å². The first-order chi connectivity index (χ1) is 15.3. The normalized spacial score (nSPS) is 16.8. The van der Waals surface area contributed by atoms with Gasteiger partial charge in [-0.25, -0.2) is 8.42 Å². The molecular formula is C23H28N4O4S. The molecule has 1 aliphatic heterocycles. The number of sulfonamides is 1. The maximum atomic E-state index is 13.0. The fourth-order valence-corrected chi connectivity index (χ4v) is 6.01. The molecule has 1 N–H and O–H groups in total. The molecule has 1 atom stereocenters. The van der Waals surface area contributed by atoms with E-state index in [4.69, 9.17) is 4.52 Å². The molecule has 2 aromatic carbocycles. The van der Waals surface area contributed by atoms with Gasteiger partial charge >= 0.3 is 0 Å². The first-order valence-corrected chi connectivity index (χ1v) is 12.1. The molecule has 9 heteroatoms. The lowest BCUT2D eigenvalue weighted by Gasteiger charge is -2.33. The van der Waals surface area contributed by atoms with Crippen molar-refractivity contribution < 1.29 is 17.7 Å². The second-order valence-corrected chi connectivity index (χ2v) is 10.1. The molecule has 0 aliphatic carbocycles. The molecular weight excluding hydrogens is 428 g/mol. The maximum absolute atomic E-state index is 13.0. The number of hydrogen-bond donors (Lipinski definition) is 1. The Kier molecular flexibility index (Phi) is 6.32. The molecule has 4 rings (SSSR count). The van der Waals surface area contributed by atoms with Crippen molar-refractivity contribution in [2.24, 2.45) is 0 Å². The van der Waals surface area contributed by atoms with E-state index < -0.39 is 10.0 Å². The quantitative estimate of drug-likeness (QED) is 0.613. The summed E-state index contributed by atoms with van der Waals surface area (Å²) in [5, 5.41) is 9.11. The zero-order valence-electron chi connectivity index (χ0n) is 18.5. The number of amides is 1. The molecule has 1 fully saturated rings. The van der Waals surface area contributed by atoms with Crippen LogP contribution in [0.2, 0.25) is 0 Å². The van der Waals surface area contributed by atoms with Gasteiger partial charge in [-0.15, -0.1) is 0 Å². The number of carbonyl (C=O) groups is 1. The van der Waals surface area contributed by atoms with Crippen LogP contribution in [0.15, 0.2) is 51.9 Å². The molecule has 1 aromatic heterocycles. The molecule has 170 valence electrons.